The highest BCUT2D eigenvalue weighted by atomic mass is 35.5. The van der Waals surface area contributed by atoms with Crippen LogP contribution in [0.15, 0.2) is 41.8 Å². The minimum Gasteiger partial charge on any atom is -0.266 e. The largest absolute Gasteiger partial charge is 0.283 e. The average molecular weight is 385 g/mol. The fourth-order valence-electron chi connectivity index (χ4n) is 1.92. The van der Waals surface area contributed by atoms with Crippen LogP contribution in [0.2, 0.25) is 15.1 Å². The predicted octanol–water partition coefficient (Wildman–Crippen LogP) is 5.02. The third-order valence-corrected chi connectivity index (χ3v) is 5.08. The minimum atomic E-state index is -0.409. The molecule has 0 atom stereocenters. The molecule has 0 radical (unpaired) electrons. The van der Waals surface area contributed by atoms with Crippen LogP contribution in [0, 0.1) is 0 Å². The molecule has 8 heteroatoms. The first-order chi connectivity index (χ1) is 11.1. The Morgan fingerprint density at radius 2 is 1.96 bits per heavy atom. The molecule has 1 amide bonds. The van der Waals surface area contributed by atoms with Gasteiger partial charge in [0.05, 0.1) is 16.3 Å². The van der Waals surface area contributed by atoms with E-state index in [9.17, 15) is 4.79 Å². The molecule has 2 heterocycles. The first kappa shape index (κ1) is 16.2. The highest BCUT2D eigenvalue weighted by Gasteiger charge is 2.19. The molecule has 0 saturated heterocycles. The van der Waals surface area contributed by atoms with Crippen LogP contribution in [-0.2, 0) is 0 Å². The zero-order valence-electron chi connectivity index (χ0n) is 11.4. The molecule has 23 heavy (non-hydrogen) atoms. The molecule has 0 aliphatic carbocycles. The smallest absolute Gasteiger partial charge is 0.266 e. The van der Waals surface area contributed by atoms with Crippen molar-refractivity contribution in [3.63, 3.8) is 0 Å². The van der Waals surface area contributed by atoms with E-state index in [4.69, 9.17) is 34.8 Å². The number of hydrogen-bond acceptors (Lipinski definition) is 4. The van der Waals surface area contributed by atoms with Crippen molar-refractivity contribution in [2.24, 2.45) is 5.10 Å². The average Bonchev–Trinajstić information content (AvgIpc) is 2.85. The van der Waals surface area contributed by atoms with E-state index in [1.807, 2.05) is 0 Å². The van der Waals surface area contributed by atoms with Crippen LogP contribution in [0.5, 0.6) is 0 Å². The standard InChI is InChI=1S/C15H8Cl3N3OS/c16-9-5-10(17)12-11(6-9)23-14(13(12)18)15(22)21-20-7-8-1-3-19-4-2-8/h1-7H,(H,21,22)/b20-7+. The van der Waals surface area contributed by atoms with Crippen molar-refractivity contribution in [3.05, 3.63) is 62.2 Å². The number of carbonyl (C=O) groups excluding carboxylic acids is 1. The van der Waals surface area contributed by atoms with Gasteiger partial charge in [-0.05, 0) is 29.8 Å². The lowest BCUT2D eigenvalue weighted by Gasteiger charge is -1.98. The van der Waals surface area contributed by atoms with Gasteiger partial charge in [-0.1, -0.05) is 34.8 Å². The third-order valence-electron chi connectivity index (χ3n) is 2.94. The number of carbonyl (C=O) groups is 1. The number of thiophene rings is 1. The monoisotopic (exact) mass is 383 g/mol. The summed E-state index contributed by atoms with van der Waals surface area (Å²) in [7, 11) is 0. The summed E-state index contributed by atoms with van der Waals surface area (Å²) in [4.78, 5) is 16.5. The quantitative estimate of drug-likeness (QED) is 0.509. The fourth-order valence-corrected chi connectivity index (χ4v) is 4.19. The number of nitrogens with zero attached hydrogens (tertiary/aromatic N) is 2. The van der Waals surface area contributed by atoms with Crippen molar-refractivity contribution in [1.82, 2.24) is 10.4 Å². The molecule has 0 unspecified atom stereocenters. The Bertz CT molecular complexity index is 909. The van der Waals surface area contributed by atoms with E-state index in [1.54, 1.807) is 36.7 Å². The lowest BCUT2D eigenvalue weighted by Crippen LogP contribution is -2.16. The molecule has 0 saturated carbocycles. The van der Waals surface area contributed by atoms with E-state index in [-0.39, 0.29) is 0 Å². The number of hydrazone groups is 1. The number of amides is 1. The number of aromatic nitrogens is 1. The topological polar surface area (TPSA) is 54.4 Å². The van der Waals surface area contributed by atoms with E-state index in [0.29, 0.717) is 25.3 Å². The molecule has 3 aromatic rings. The van der Waals surface area contributed by atoms with Crippen molar-refractivity contribution in [3.8, 4) is 0 Å². The number of benzene rings is 1. The summed E-state index contributed by atoms with van der Waals surface area (Å²) >= 11 is 19.6. The van der Waals surface area contributed by atoms with Gasteiger partial charge >= 0.3 is 0 Å². The van der Waals surface area contributed by atoms with Crippen LogP contribution < -0.4 is 5.43 Å². The second-order valence-electron chi connectivity index (χ2n) is 4.49. The molecule has 0 spiro atoms. The van der Waals surface area contributed by atoms with E-state index >= 15 is 0 Å². The SMILES string of the molecule is O=C(N/N=C/c1ccncc1)c1sc2cc(Cl)cc(Cl)c2c1Cl. The zero-order valence-corrected chi connectivity index (χ0v) is 14.5. The molecule has 2 aromatic heterocycles. The molecule has 3 rings (SSSR count). The van der Waals surface area contributed by atoms with Gasteiger partial charge in [-0.3, -0.25) is 9.78 Å². The molecular weight excluding hydrogens is 377 g/mol. The van der Waals surface area contributed by atoms with Crippen LogP contribution in [-0.4, -0.2) is 17.1 Å². The predicted molar refractivity (Wildman–Crippen MR) is 96.2 cm³/mol. The minimum absolute atomic E-state index is 0.295. The van der Waals surface area contributed by atoms with Gasteiger partial charge in [-0.15, -0.1) is 11.3 Å². The Hall–Kier alpha value is -1.66. The highest BCUT2D eigenvalue weighted by molar-refractivity contribution is 7.21. The van der Waals surface area contributed by atoms with Crippen LogP contribution in [0.4, 0.5) is 0 Å². The molecule has 1 N–H and O–H groups in total. The van der Waals surface area contributed by atoms with Crippen molar-refractivity contribution in [1.29, 1.82) is 0 Å². The normalized spacial score (nSPS) is 11.3. The lowest BCUT2D eigenvalue weighted by molar-refractivity contribution is 0.0959. The van der Waals surface area contributed by atoms with Gasteiger partial charge in [0, 0.05) is 27.5 Å². The summed E-state index contributed by atoms with van der Waals surface area (Å²) in [6, 6.07) is 6.84. The van der Waals surface area contributed by atoms with Gasteiger partial charge < -0.3 is 0 Å². The van der Waals surface area contributed by atoms with Gasteiger partial charge in [0.15, 0.2) is 0 Å². The number of rotatable bonds is 3. The van der Waals surface area contributed by atoms with Crippen LogP contribution >= 0.6 is 46.1 Å². The molecule has 0 aliphatic rings. The second kappa shape index (κ2) is 6.84. The number of nitrogens with one attached hydrogen (secondary N) is 1. The van der Waals surface area contributed by atoms with Crippen molar-refractivity contribution in [2.75, 3.05) is 0 Å². The third kappa shape index (κ3) is 3.48. The summed E-state index contributed by atoms with van der Waals surface area (Å²) in [5, 5.41) is 5.72. The molecule has 0 bridgehead atoms. The van der Waals surface area contributed by atoms with E-state index < -0.39 is 5.91 Å². The Morgan fingerprint density at radius 3 is 2.70 bits per heavy atom. The first-order valence-corrected chi connectivity index (χ1v) is 8.32. The maximum absolute atomic E-state index is 12.2. The lowest BCUT2D eigenvalue weighted by atomic mass is 10.2. The summed E-state index contributed by atoms with van der Waals surface area (Å²) in [6.45, 7) is 0. The number of pyridine rings is 1. The summed E-state index contributed by atoms with van der Waals surface area (Å²) in [6.07, 6.45) is 4.79. The number of fused-ring (bicyclic) bond motifs is 1. The second-order valence-corrected chi connectivity index (χ2v) is 6.76. The molecule has 116 valence electrons. The summed E-state index contributed by atoms with van der Waals surface area (Å²) in [5.74, 6) is -0.409. The van der Waals surface area contributed by atoms with Gasteiger partial charge in [-0.2, -0.15) is 5.10 Å². The molecule has 4 nitrogen and oxygen atoms in total. The summed E-state index contributed by atoms with van der Waals surface area (Å²) < 4.78 is 0.746. The highest BCUT2D eigenvalue weighted by Crippen LogP contribution is 2.41. The van der Waals surface area contributed by atoms with Crippen molar-refractivity contribution >= 4 is 68.3 Å². The Morgan fingerprint density at radius 1 is 1.22 bits per heavy atom. The van der Waals surface area contributed by atoms with Gasteiger partial charge in [0.2, 0.25) is 0 Å². The maximum atomic E-state index is 12.2. The van der Waals surface area contributed by atoms with Crippen LogP contribution in [0.1, 0.15) is 15.2 Å². The first-order valence-electron chi connectivity index (χ1n) is 6.36. The van der Waals surface area contributed by atoms with Crippen molar-refractivity contribution in [2.45, 2.75) is 0 Å². The molecule has 0 aliphatic heterocycles. The zero-order chi connectivity index (χ0) is 16.4. The van der Waals surface area contributed by atoms with Crippen LogP contribution in [0.25, 0.3) is 10.1 Å². The fraction of sp³-hybridized carbons (Fsp3) is 0. The number of hydrogen-bond donors (Lipinski definition) is 1. The van der Waals surface area contributed by atoms with Crippen molar-refractivity contribution < 1.29 is 4.79 Å². The van der Waals surface area contributed by atoms with Gasteiger partial charge in [0.25, 0.3) is 5.91 Å². The van der Waals surface area contributed by atoms with Gasteiger partial charge in [-0.25, -0.2) is 5.43 Å². The Kier molecular flexibility index (Phi) is 4.82. The molecule has 1 aromatic carbocycles. The number of halogens is 3. The maximum Gasteiger partial charge on any atom is 0.283 e. The van der Waals surface area contributed by atoms with Crippen LogP contribution in [0.3, 0.4) is 0 Å². The van der Waals surface area contributed by atoms with E-state index in [2.05, 4.69) is 15.5 Å². The molecule has 0 fully saturated rings. The Balaban J connectivity index is 1.85. The summed E-state index contributed by atoms with van der Waals surface area (Å²) in [5.41, 5.74) is 3.26. The molecular formula is C15H8Cl3N3OS. The van der Waals surface area contributed by atoms with E-state index in [1.165, 1.54) is 17.6 Å². The van der Waals surface area contributed by atoms with Gasteiger partial charge in [0.1, 0.15) is 4.88 Å². The van der Waals surface area contributed by atoms with E-state index in [0.717, 1.165) is 10.3 Å². The Labute approximate surface area is 150 Å².